The molecule has 1 saturated heterocycles. The summed E-state index contributed by atoms with van der Waals surface area (Å²) in [5.41, 5.74) is -0.202. The van der Waals surface area contributed by atoms with E-state index in [0.29, 0.717) is 62.1 Å². The largest absolute Gasteiger partial charge is 0.493 e. The first-order chi connectivity index (χ1) is 22.0. The van der Waals surface area contributed by atoms with Crippen molar-refractivity contribution in [1.82, 2.24) is 15.5 Å². The number of aliphatic carboxylic acids is 1. The van der Waals surface area contributed by atoms with Crippen LogP contribution < -0.4 is 20.1 Å². The fraction of sp³-hybridized carbons (Fsp3) is 0.722. The predicted molar refractivity (Wildman–Crippen MR) is 173 cm³/mol. The number of amides is 3. The van der Waals surface area contributed by atoms with E-state index in [1.807, 2.05) is 6.07 Å². The Morgan fingerprint density at radius 2 is 1.63 bits per heavy atom. The molecule has 46 heavy (non-hydrogen) atoms. The Morgan fingerprint density at radius 1 is 0.957 bits per heavy atom. The Hall–Kier alpha value is -3.30. The van der Waals surface area contributed by atoms with Gasteiger partial charge < -0.3 is 30.1 Å². The summed E-state index contributed by atoms with van der Waals surface area (Å²) in [6.45, 7) is 2.65. The zero-order valence-electron chi connectivity index (χ0n) is 27.9. The summed E-state index contributed by atoms with van der Waals surface area (Å²) in [5.74, 6) is 2.20. The second-order valence-electron chi connectivity index (χ2n) is 14.8. The van der Waals surface area contributed by atoms with Gasteiger partial charge in [-0.2, -0.15) is 0 Å². The number of hydrogen-bond donors (Lipinski definition) is 3. The van der Waals surface area contributed by atoms with Crippen LogP contribution in [0.3, 0.4) is 0 Å². The third kappa shape index (κ3) is 7.97. The van der Waals surface area contributed by atoms with E-state index in [-0.39, 0.29) is 30.6 Å². The topological polar surface area (TPSA) is 134 Å². The molecule has 1 aromatic carbocycles. The quantitative estimate of drug-likeness (QED) is 0.220. The van der Waals surface area contributed by atoms with Gasteiger partial charge >= 0.3 is 5.97 Å². The minimum Gasteiger partial charge on any atom is -0.493 e. The number of benzene rings is 1. The Labute approximate surface area is 273 Å². The van der Waals surface area contributed by atoms with Crippen LogP contribution >= 0.6 is 0 Å². The standard InChI is InChI=1S/C36H53N3O7/c1-35(34(44)37-14-6-4-5-9-32(41)42,20-24-10-11-29(45-2)30(19-24)46-3)38-33(43)28-8-7-15-39(28)31(40)12-13-36-21-25-16-26(22-36)18-27(17-25)23-36/h10-11,19,25-28H,4-9,12-18,20-23H2,1-3H3,(H,37,44)(H,38,43)(H,41,42)/t25?,26?,27?,28-,35-,36?/m0/s1. The molecule has 3 N–H and O–H groups in total. The van der Waals surface area contributed by atoms with Crippen LogP contribution in [0.4, 0.5) is 0 Å². The molecule has 0 spiro atoms. The maximum Gasteiger partial charge on any atom is 0.303 e. The van der Waals surface area contributed by atoms with Crippen LogP contribution in [0.15, 0.2) is 18.2 Å². The Kier molecular flexibility index (Phi) is 10.8. The molecule has 5 aliphatic rings. The molecule has 10 nitrogen and oxygen atoms in total. The van der Waals surface area contributed by atoms with Crippen LogP contribution in [0.5, 0.6) is 11.5 Å². The van der Waals surface area contributed by atoms with Crippen LogP contribution in [-0.4, -0.2) is 72.6 Å². The van der Waals surface area contributed by atoms with E-state index in [4.69, 9.17) is 14.6 Å². The lowest BCUT2D eigenvalue weighted by atomic mass is 9.48. The third-order valence-electron chi connectivity index (χ3n) is 11.2. The van der Waals surface area contributed by atoms with Crippen molar-refractivity contribution in [2.45, 2.75) is 115 Å². The van der Waals surface area contributed by atoms with E-state index in [9.17, 15) is 19.2 Å². The Bertz CT molecular complexity index is 1250. The van der Waals surface area contributed by atoms with Gasteiger partial charge in [0.25, 0.3) is 0 Å². The fourth-order valence-corrected chi connectivity index (χ4v) is 9.36. The molecule has 10 heteroatoms. The Morgan fingerprint density at radius 3 is 2.26 bits per heavy atom. The van der Waals surface area contributed by atoms with E-state index in [1.54, 1.807) is 38.2 Å². The first-order valence-corrected chi connectivity index (χ1v) is 17.4. The molecule has 0 aromatic heterocycles. The number of ether oxygens (including phenoxy) is 2. The highest BCUT2D eigenvalue weighted by Crippen LogP contribution is 2.61. The molecule has 4 bridgehead atoms. The zero-order valence-corrected chi connectivity index (χ0v) is 27.9. The first kappa shape index (κ1) is 34.0. The van der Waals surface area contributed by atoms with Crippen molar-refractivity contribution in [1.29, 1.82) is 0 Å². The summed E-state index contributed by atoms with van der Waals surface area (Å²) in [5, 5.41) is 14.9. The fourth-order valence-electron chi connectivity index (χ4n) is 9.36. The lowest BCUT2D eigenvalue weighted by Crippen LogP contribution is -2.61. The van der Waals surface area contributed by atoms with Crippen LogP contribution in [0.25, 0.3) is 0 Å². The second-order valence-corrected chi connectivity index (χ2v) is 14.8. The summed E-state index contributed by atoms with van der Waals surface area (Å²) < 4.78 is 10.8. The van der Waals surface area contributed by atoms with E-state index in [2.05, 4.69) is 10.6 Å². The molecule has 3 amide bonds. The number of likely N-dealkylation sites (tertiary alicyclic amines) is 1. The number of hydrogen-bond acceptors (Lipinski definition) is 6. The number of methoxy groups -OCH3 is 2. The van der Waals surface area contributed by atoms with Crippen LogP contribution in [0.2, 0.25) is 0 Å². The normalized spacial score (nSPS) is 27.6. The second kappa shape index (κ2) is 14.6. The summed E-state index contributed by atoms with van der Waals surface area (Å²) in [6, 6.07) is 4.83. The minimum absolute atomic E-state index is 0.0563. The molecule has 6 rings (SSSR count). The van der Waals surface area contributed by atoms with Crippen LogP contribution in [0, 0.1) is 23.2 Å². The van der Waals surface area contributed by atoms with Crippen molar-refractivity contribution in [3.05, 3.63) is 23.8 Å². The number of carbonyl (C=O) groups is 4. The van der Waals surface area contributed by atoms with Gasteiger partial charge in [-0.15, -0.1) is 0 Å². The number of carboxylic acids is 1. The third-order valence-corrected chi connectivity index (χ3v) is 11.2. The highest BCUT2D eigenvalue weighted by Gasteiger charge is 2.51. The van der Waals surface area contributed by atoms with Crippen molar-refractivity contribution < 1.29 is 33.8 Å². The van der Waals surface area contributed by atoms with Gasteiger partial charge in [0.15, 0.2) is 11.5 Å². The monoisotopic (exact) mass is 639 g/mol. The molecule has 4 aliphatic carbocycles. The van der Waals surface area contributed by atoms with Gasteiger partial charge in [0.05, 0.1) is 14.2 Å². The molecule has 1 heterocycles. The lowest BCUT2D eigenvalue weighted by Gasteiger charge is -2.57. The summed E-state index contributed by atoms with van der Waals surface area (Å²) in [6.07, 6.45) is 12.8. The molecule has 254 valence electrons. The van der Waals surface area contributed by atoms with Crippen molar-refractivity contribution >= 4 is 23.7 Å². The SMILES string of the molecule is COc1ccc(C[C@](C)(NC(=O)[C@@H]2CCCN2C(=O)CCC23CC4CC(CC(C4)C2)C3)C(=O)NCCCCCC(=O)O)cc1OC. The molecule has 1 aliphatic heterocycles. The van der Waals surface area contributed by atoms with E-state index in [0.717, 1.165) is 36.2 Å². The molecular weight excluding hydrogens is 586 g/mol. The summed E-state index contributed by atoms with van der Waals surface area (Å²) in [4.78, 5) is 53.8. The molecule has 1 aromatic rings. The van der Waals surface area contributed by atoms with Crippen molar-refractivity contribution in [3.8, 4) is 11.5 Å². The summed E-state index contributed by atoms with van der Waals surface area (Å²) >= 11 is 0. The molecule has 5 fully saturated rings. The number of carbonyl (C=O) groups excluding carboxylic acids is 3. The maximum absolute atomic E-state index is 13.9. The maximum atomic E-state index is 13.9. The van der Waals surface area contributed by atoms with E-state index >= 15 is 0 Å². The molecular formula is C36H53N3O7. The van der Waals surface area contributed by atoms with Gasteiger partial charge in [-0.05, 0) is 118 Å². The lowest BCUT2D eigenvalue weighted by molar-refractivity contribution is -0.142. The first-order valence-electron chi connectivity index (χ1n) is 17.4. The van der Waals surface area contributed by atoms with E-state index < -0.39 is 17.6 Å². The Balaban J connectivity index is 1.23. The van der Waals surface area contributed by atoms with Gasteiger partial charge in [0.1, 0.15) is 11.6 Å². The highest BCUT2D eigenvalue weighted by atomic mass is 16.5. The van der Waals surface area contributed by atoms with Crippen LogP contribution in [0.1, 0.15) is 102 Å². The minimum atomic E-state index is -1.30. The van der Waals surface area contributed by atoms with Gasteiger partial charge in [0.2, 0.25) is 17.7 Å². The number of carboxylic acid groups (broad SMARTS) is 1. The number of unbranched alkanes of at least 4 members (excludes halogenated alkanes) is 2. The number of nitrogens with one attached hydrogen (secondary N) is 2. The van der Waals surface area contributed by atoms with Gasteiger partial charge in [-0.25, -0.2) is 0 Å². The number of nitrogens with zero attached hydrogens (tertiary/aromatic N) is 1. The number of rotatable bonds is 16. The molecule has 0 radical (unpaired) electrons. The van der Waals surface area contributed by atoms with Crippen molar-refractivity contribution in [2.75, 3.05) is 27.3 Å². The summed E-state index contributed by atoms with van der Waals surface area (Å²) in [7, 11) is 3.11. The van der Waals surface area contributed by atoms with Crippen molar-refractivity contribution in [2.24, 2.45) is 23.2 Å². The van der Waals surface area contributed by atoms with Gasteiger partial charge in [0, 0.05) is 32.4 Å². The molecule has 2 atom stereocenters. The molecule has 4 saturated carbocycles. The average molecular weight is 640 g/mol. The average Bonchev–Trinajstić information content (AvgIpc) is 3.51. The van der Waals surface area contributed by atoms with Gasteiger partial charge in [-0.1, -0.05) is 12.5 Å². The smallest absolute Gasteiger partial charge is 0.303 e. The van der Waals surface area contributed by atoms with E-state index in [1.165, 1.54) is 38.5 Å². The zero-order chi connectivity index (χ0) is 32.9. The highest BCUT2D eigenvalue weighted by molar-refractivity contribution is 5.94. The predicted octanol–water partition coefficient (Wildman–Crippen LogP) is 4.87. The molecule has 0 unspecified atom stereocenters. The van der Waals surface area contributed by atoms with Crippen LogP contribution in [-0.2, 0) is 25.6 Å². The van der Waals surface area contributed by atoms with Crippen molar-refractivity contribution in [3.63, 3.8) is 0 Å². The van der Waals surface area contributed by atoms with Gasteiger partial charge in [-0.3, -0.25) is 19.2 Å².